The molecule has 0 unspecified atom stereocenters. The zero-order valence-electron chi connectivity index (χ0n) is 9.63. The Kier molecular flexibility index (Phi) is 4.03. The standard InChI is InChI=1S/C12H17FOS/c1-12(2,3)15-8-9-7-10(14-4)5-6-11(9)13/h5-7H,8H2,1-4H3. The van der Waals surface area contributed by atoms with Gasteiger partial charge < -0.3 is 4.74 Å². The van der Waals surface area contributed by atoms with Gasteiger partial charge in [0.05, 0.1) is 7.11 Å². The molecule has 0 aliphatic carbocycles. The molecule has 0 bridgehead atoms. The molecule has 0 aliphatic heterocycles. The highest BCUT2D eigenvalue weighted by Crippen LogP contribution is 2.29. The number of hydrogen-bond acceptors (Lipinski definition) is 2. The first-order valence-corrected chi connectivity index (χ1v) is 5.87. The minimum absolute atomic E-state index is 0.148. The Bertz CT molecular complexity index is 331. The number of hydrogen-bond donors (Lipinski definition) is 0. The van der Waals surface area contributed by atoms with Crippen LogP contribution in [-0.2, 0) is 5.75 Å². The summed E-state index contributed by atoms with van der Waals surface area (Å²) in [5.74, 6) is 1.22. The zero-order chi connectivity index (χ0) is 11.5. The molecule has 0 fully saturated rings. The van der Waals surface area contributed by atoms with Gasteiger partial charge in [-0.25, -0.2) is 4.39 Å². The molecule has 84 valence electrons. The number of thioether (sulfide) groups is 1. The van der Waals surface area contributed by atoms with Gasteiger partial charge in [-0.05, 0) is 18.2 Å². The van der Waals surface area contributed by atoms with Crippen molar-refractivity contribution in [3.05, 3.63) is 29.6 Å². The Morgan fingerprint density at radius 3 is 2.53 bits per heavy atom. The van der Waals surface area contributed by atoms with E-state index >= 15 is 0 Å². The van der Waals surface area contributed by atoms with Crippen LogP contribution in [-0.4, -0.2) is 11.9 Å². The molecule has 0 atom stereocenters. The summed E-state index contributed by atoms with van der Waals surface area (Å²) in [6, 6.07) is 4.85. The molecule has 15 heavy (non-hydrogen) atoms. The average Bonchev–Trinajstić information content (AvgIpc) is 2.15. The normalized spacial score (nSPS) is 11.5. The van der Waals surface area contributed by atoms with Gasteiger partial charge in [0.25, 0.3) is 0 Å². The molecule has 0 aliphatic rings. The van der Waals surface area contributed by atoms with Crippen LogP contribution in [0.15, 0.2) is 18.2 Å². The van der Waals surface area contributed by atoms with Crippen molar-refractivity contribution in [2.24, 2.45) is 0 Å². The Balaban J connectivity index is 2.75. The van der Waals surface area contributed by atoms with Gasteiger partial charge in [-0.15, -0.1) is 0 Å². The molecular weight excluding hydrogens is 211 g/mol. The van der Waals surface area contributed by atoms with Crippen molar-refractivity contribution in [1.29, 1.82) is 0 Å². The van der Waals surface area contributed by atoms with Crippen molar-refractivity contribution >= 4 is 11.8 Å². The smallest absolute Gasteiger partial charge is 0.127 e. The third kappa shape index (κ3) is 4.12. The van der Waals surface area contributed by atoms with Crippen LogP contribution in [0.1, 0.15) is 26.3 Å². The quantitative estimate of drug-likeness (QED) is 0.776. The second-order valence-corrected chi connectivity index (χ2v) is 6.16. The number of ether oxygens (including phenoxy) is 1. The Labute approximate surface area is 95.0 Å². The summed E-state index contributed by atoms with van der Waals surface area (Å²) < 4.78 is 18.6. The summed E-state index contributed by atoms with van der Waals surface area (Å²) in [7, 11) is 1.59. The molecule has 1 aromatic carbocycles. The lowest BCUT2D eigenvalue weighted by atomic mass is 10.2. The Morgan fingerprint density at radius 1 is 1.33 bits per heavy atom. The summed E-state index contributed by atoms with van der Waals surface area (Å²) in [6.45, 7) is 6.36. The molecule has 0 amide bonds. The second-order valence-electron chi connectivity index (χ2n) is 4.36. The molecule has 1 rings (SSSR count). The average molecular weight is 228 g/mol. The fraction of sp³-hybridized carbons (Fsp3) is 0.500. The van der Waals surface area contributed by atoms with E-state index in [-0.39, 0.29) is 10.6 Å². The first kappa shape index (κ1) is 12.4. The van der Waals surface area contributed by atoms with Gasteiger partial charge in [-0.2, -0.15) is 11.8 Å². The molecule has 0 radical (unpaired) electrons. The molecule has 0 saturated heterocycles. The van der Waals surface area contributed by atoms with Gasteiger partial charge in [-0.1, -0.05) is 20.8 Å². The van der Waals surface area contributed by atoms with Crippen LogP contribution in [0, 0.1) is 5.82 Å². The highest BCUT2D eigenvalue weighted by Gasteiger charge is 2.12. The molecule has 1 nitrogen and oxygen atoms in total. The highest BCUT2D eigenvalue weighted by molar-refractivity contribution is 7.99. The lowest BCUT2D eigenvalue weighted by molar-refractivity contribution is 0.413. The Morgan fingerprint density at radius 2 is 2.00 bits per heavy atom. The maximum Gasteiger partial charge on any atom is 0.127 e. The third-order valence-electron chi connectivity index (χ3n) is 1.91. The maximum absolute atomic E-state index is 13.4. The first-order valence-electron chi connectivity index (χ1n) is 4.89. The monoisotopic (exact) mass is 228 g/mol. The number of rotatable bonds is 3. The fourth-order valence-electron chi connectivity index (χ4n) is 1.08. The predicted octanol–water partition coefficient (Wildman–Crippen LogP) is 3.87. The van der Waals surface area contributed by atoms with Crippen LogP contribution in [0.25, 0.3) is 0 Å². The molecule has 0 aromatic heterocycles. The summed E-state index contributed by atoms with van der Waals surface area (Å²) in [5, 5.41) is 0. The number of benzene rings is 1. The maximum atomic E-state index is 13.4. The van der Waals surface area contributed by atoms with Crippen LogP contribution in [0.4, 0.5) is 4.39 Å². The van der Waals surface area contributed by atoms with Crippen LogP contribution >= 0.6 is 11.8 Å². The van der Waals surface area contributed by atoms with Gasteiger partial charge in [0.1, 0.15) is 11.6 Å². The number of methoxy groups -OCH3 is 1. The van der Waals surface area contributed by atoms with Crippen molar-refractivity contribution in [3.8, 4) is 5.75 Å². The highest BCUT2D eigenvalue weighted by atomic mass is 32.2. The van der Waals surface area contributed by atoms with Gasteiger partial charge >= 0.3 is 0 Å². The van der Waals surface area contributed by atoms with Crippen molar-refractivity contribution in [3.63, 3.8) is 0 Å². The second kappa shape index (κ2) is 4.88. The minimum atomic E-state index is -0.160. The first-order chi connectivity index (χ1) is 6.92. The SMILES string of the molecule is COc1ccc(F)c(CSC(C)(C)C)c1. The molecule has 0 spiro atoms. The molecule has 3 heteroatoms. The van der Waals surface area contributed by atoms with Crippen LogP contribution < -0.4 is 4.74 Å². The van der Waals surface area contributed by atoms with E-state index in [1.807, 2.05) is 0 Å². The van der Waals surface area contributed by atoms with Crippen LogP contribution in [0.2, 0.25) is 0 Å². The summed E-state index contributed by atoms with van der Waals surface area (Å²) in [5.41, 5.74) is 0.703. The summed E-state index contributed by atoms with van der Waals surface area (Å²) >= 11 is 1.72. The van der Waals surface area contributed by atoms with E-state index in [1.165, 1.54) is 6.07 Å². The minimum Gasteiger partial charge on any atom is -0.497 e. The van der Waals surface area contributed by atoms with E-state index in [1.54, 1.807) is 31.0 Å². The Hall–Kier alpha value is -0.700. The largest absolute Gasteiger partial charge is 0.497 e. The molecular formula is C12H17FOS. The van der Waals surface area contributed by atoms with Crippen molar-refractivity contribution < 1.29 is 9.13 Å². The van der Waals surface area contributed by atoms with Gasteiger partial charge in [0.2, 0.25) is 0 Å². The topological polar surface area (TPSA) is 9.23 Å². The lowest BCUT2D eigenvalue weighted by Crippen LogP contribution is -2.08. The molecule has 0 heterocycles. The fourth-order valence-corrected chi connectivity index (χ4v) is 1.89. The zero-order valence-corrected chi connectivity index (χ0v) is 10.5. The summed E-state index contributed by atoms with van der Waals surface area (Å²) in [6.07, 6.45) is 0. The van der Waals surface area contributed by atoms with E-state index in [2.05, 4.69) is 20.8 Å². The van der Waals surface area contributed by atoms with Crippen molar-refractivity contribution in [2.45, 2.75) is 31.3 Å². The number of halogens is 1. The molecule has 1 aromatic rings. The van der Waals surface area contributed by atoms with E-state index in [4.69, 9.17) is 4.74 Å². The van der Waals surface area contributed by atoms with Crippen molar-refractivity contribution in [2.75, 3.05) is 7.11 Å². The third-order valence-corrected chi connectivity index (χ3v) is 3.23. The molecule has 0 saturated carbocycles. The lowest BCUT2D eigenvalue weighted by Gasteiger charge is -2.17. The van der Waals surface area contributed by atoms with Crippen LogP contribution in [0.5, 0.6) is 5.75 Å². The van der Waals surface area contributed by atoms with Crippen molar-refractivity contribution in [1.82, 2.24) is 0 Å². The van der Waals surface area contributed by atoms with Gasteiger partial charge in [0, 0.05) is 16.1 Å². The van der Waals surface area contributed by atoms with Gasteiger partial charge in [-0.3, -0.25) is 0 Å². The van der Waals surface area contributed by atoms with E-state index < -0.39 is 0 Å². The van der Waals surface area contributed by atoms with Crippen LogP contribution in [0.3, 0.4) is 0 Å². The van der Waals surface area contributed by atoms with Gasteiger partial charge in [0.15, 0.2) is 0 Å². The van der Waals surface area contributed by atoms with E-state index in [0.29, 0.717) is 17.1 Å². The molecule has 0 N–H and O–H groups in total. The predicted molar refractivity (Wildman–Crippen MR) is 64.0 cm³/mol. The van der Waals surface area contributed by atoms with E-state index in [9.17, 15) is 4.39 Å². The summed E-state index contributed by atoms with van der Waals surface area (Å²) in [4.78, 5) is 0. The van der Waals surface area contributed by atoms with E-state index in [0.717, 1.165) is 0 Å².